The molecule has 0 saturated heterocycles. The van der Waals surface area contributed by atoms with E-state index in [4.69, 9.17) is 4.74 Å². The van der Waals surface area contributed by atoms with Crippen LogP contribution < -0.4 is 15.4 Å². The molecule has 26 heavy (non-hydrogen) atoms. The highest BCUT2D eigenvalue weighted by Gasteiger charge is 2.27. The molecule has 2 amide bonds. The third kappa shape index (κ3) is 3.72. The first-order valence-electron chi connectivity index (χ1n) is 8.03. The Balaban J connectivity index is 1.79. The monoisotopic (exact) mass is 416 g/mol. The Morgan fingerprint density at radius 2 is 1.96 bits per heavy atom. The van der Waals surface area contributed by atoms with Crippen LogP contribution in [0.2, 0.25) is 0 Å². The minimum Gasteiger partial charge on any atom is -0.504 e. The van der Waals surface area contributed by atoms with Crippen LogP contribution in [-0.4, -0.2) is 23.5 Å². The number of ether oxygens (including phenoxy) is 1. The van der Waals surface area contributed by atoms with Crippen LogP contribution in [0.5, 0.6) is 11.5 Å². The van der Waals surface area contributed by atoms with Crippen molar-refractivity contribution in [2.45, 2.75) is 13.5 Å². The van der Waals surface area contributed by atoms with Gasteiger partial charge in [0.25, 0.3) is 11.8 Å². The third-order valence-corrected chi connectivity index (χ3v) is 4.36. The van der Waals surface area contributed by atoms with Crippen LogP contribution in [0, 0.1) is 0 Å². The molecule has 6 nitrogen and oxygen atoms in total. The van der Waals surface area contributed by atoms with Gasteiger partial charge in [0, 0.05) is 28.3 Å². The number of phenolic OH excluding ortho intramolecular Hbond substituents is 1. The van der Waals surface area contributed by atoms with Gasteiger partial charge in [-0.1, -0.05) is 22.0 Å². The zero-order chi connectivity index (χ0) is 18.7. The summed E-state index contributed by atoms with van der Waals surface area (Å²) in [6.07, 6.45) is 1.57. The molecule has 0 unspecified atom stereocenters. The van der Waals surface area contributed by atoms with Gasteiger partial charge in [0.05, 0.1) is 12.2 Å². The molecule has 3 N–H and O–H groups in total. The van der Waals surface area contributed by atoms with Crippen LogP contribution in [0.4, 0.5) is 0 Å². The standard InChI is InChI=1S/C19H17BrN2O4/c1-2-26-17-6-3-11(7-16(17)23)9-21-10-15-14-8-12(20)4-5-13(14)18(24)22-19(15)25/h3-8,10,21,23H,2,9H2,1H3,(H,22,24,25)/b15-10-. The summed E-state index contributed by atoms with van der Waals surface area (Å²) in [5.74, 6) is -0.374. The Morgan fingerprint density at radius 3 is 2.69 bits per heavy atom. The number of fused-ring (bicyclic) bond motifs is 1. The summed E-state index contributed by atoms with van der Waals surface area (Å²) in [4.78, 5) is 24.1. The molecule has 7 heteroatoms. The summed E-state index contributed by atoms with van der Waals surface area (Å²) in [6.45, 7) is 2.71. The fraction of sp³-hybridized carbons (Fsp3) is 0.158. The summed E-state index contributed by atoms with van der Waals surface area (Å²) in [5.41, 5.74) is 2.20. The molecule has 0 saturated carbocycles. The molecule has 134 valence electrons. The summed E-state index contributed by atoms with van der Waals surface area (Å²) in [6, 6.07) is 10.3. The molecule has 1 heterocycles. The predicted molar refractivity (Wildman–Crippen MR) is 101 cm³/mol. The van der Waals surface area contributed by atoms with E-state index in [2.05, 4.69) is 26.6 Å². The lowest BCUT2D eigenvalue weighted by Gasteiger charge is -2.18. The number of imide groups is 1. The first-order valence-corrected chi connectivity index (χ1v) is 8.82. The van der Waals surface area contributed by atoms with Crippen molar-refractivity contribution in [3.05, 3.63) is 63.8 Å². The molecule has 0 radical (unpaired) electrons. The van der Waals surface area contributed by atoms with Gasteiger partial charge in [-0.3, -0.25) is 14.9 Å². The van der Waals surface area contributed by atoms with Crippen molar-refractivity contribution >= 4 is 33.3 Å². The minimum absolute atomic E-state index is 0.0640. The van der Waals surface area contributed by atoms with E-state index < -0.39 is 11.8 Å². The number of rotatable bonds is 5. The lowest BCUT2D eigenvalue weighted by Crippen LogP contribution is -2.37. The molecule has 0 aromatic heterocycles. The number of phenols is 1. The number of hydrogen-bond donors (Lipinski definition) is 3. The van der Waals surface area contributed by atoms with E-state index in [-0.39, 0.29) is 5.75 Å². The second kappa shape index (κ2) is 7.61. The number of amides is 2. The van der Waals surface area contributed by atoms with Crippen molar-refractivity contribution in [3.8, 4) is 11.5 Å². The van der Waals surface area contributed by atoms with E-state index in [1.54, 1.807) is 36.5 Å². The molecular weight excluding hydrogens is 400 g/mol. The third-order valence-electron chi connectivity index (χ3n) is 3.86. The molecule has 3 rings (SSSR count). The Labute approximate surface area is 159 Å². The quantitative estimate of drug-likeness (QED) is 0.515. The second-order valence-electron chi connectivity index (χ2n) is 5.65. The van der Waals surface area contributed by atoms with Gasteiger partial charge >= 0.3 is 0 Å². The maximum Gasteiger partial charge on any atom is 0.260 e. The summed E-state index contributed by atoms with van der Waals surface area (Å²) < 4.78 is 6.07. The molecule has 2 aromatic rings. The van der Waals surface area contributed by atoms with Crippen molar-refractivity contribution in [3.63, 3.8) is 0 Å². The van der Waals surface area contributed by atoms with E-state index in [0.29, 0.717) is 35.6 Å². The normalized spacial score (nSPS) is 14.8. The number of nitrogens with one attached hydrogen (secondary N) is 2. The smallest absolute Gasteiger partial charge is 0.260 e. The molecule has 0 bridgehead atoms. The van der Waals surface area contributed by atoms with Gasteiger partial charge in [0.1, 0.15) is 0 Å². The second-order valence-corrected chi connectivity index (χ2v) is 6.56. The fourth-order valence-corrected chi connectivity index (χ4v) is 3.02. The highest BCUT2D eigenvalue weighted by atomic mass is 79.9. The number of benzene rings is 2. The summed E-state index contributed by atoms with van der Waals surface area (Å²) >= 11 is 3.36. The zero-order valence-electron chi connectivity index (χ0n) is 14.0. The first-order chi connectivity index (χ1) is 12.5. The molecular formula is C19H17BrN2O4. The van der Waals surface area contributed by atoms with Gasteiger partial charge in [0.15, 0.2) is 11.5 Å². The highest BCUT2D eigenvalue weighted by molar-refractivity contribution is 9.10. The predicted octanol–water partition coefficient (Wildman–Crippen LogP) is 2.95. The Morgan fingerprint density at radius 1 is 1.15 bits per heavy atom. The van der Waals surface area contributed by atoms with E-state index in [1.807, 2.05) is 13.0 Å². The maximum absolute atomic E-state index is 12.2. The lowest BCUT2D eigenvalue weighted by atomic mass is 9.95. The number of carbonyl (C=O) groups excluding carboxylic acids is 2. The Kier molecular flexibility index (Phi) is 5.27. The van der Waals surface area contributed by atoms with E-state index in [0.717, 1.165) is 10.0 Å². The van der Waals surface area contributed by atoms with Crippen LogP contribution >= 0.6 is 15.9 Å². The molecule has 1 aliphatic rings. The van der Waals surface area contributed by atoms with Gasteiger partial charge in [-0.05, 0) is 42.8 Å². The van der Waals surface area contributed by atoms with Crippen molar-refractivity contribution in [1.82, 2.24) is 10.6 Å². The average molecular weight is 417 g/mol. The van der Waals surface area contributed by atoms with Gasteiger partial charge in [-0.2, -0.15) is 0 Å². The van der Waals surface area contributed by atoms with E-state index in [9.17, 15) is 14.7 Å². The van der Waals surface area contributed by atoms with Gasteiger partial charge in [0.2, 0.25) is 0 Å². The fourth-order valence-electron chi connectivity index (χ4n) is 2.66. The summed E-state index contributed by atoms with van der Waals surface area (Å²) in [7, 11) is 0. The molecule has 0 fully saturated rings. The number of halogens is 1. The zero-order valence-corrected chi connectivity index (χ0v) is 15.6. The van der Waals surface area contributed by atoms with Crippen molar-refractivity contribution in [2.75, 3.05) is 6.61 Å². The van der Waals surface area contributed by atoms with Crippen molar-refractivity contribution < 1.29 is 19.4 Å². The number of carbonyl (C=O) groups is 2. The molecule has 0 aliphatic carbocycles. The first kappa shape index (κ1) is 18.0. The minimum atomic E-state index is -0.456. The van der Waals surface area contributed by atoms with Crippen LogP contribution in [0.25, 0.3) is 5.57 Å². The topological polar surface area (TPSA) is 87.7 Å². The Hall–Kier alpha value is -2.80. The van der Waals surface area contributed by atoms with Crippen LogP contribution in [0.15, 0.2) is 47.1 Å². The lowest BCUT2D eigenvalue weighted by molar-refractivity contribution is -0.114. The Bertz CT molecular complexity index is 908. The summed E-state index contributed by atoms with van der Waals surface area (Å²) in [5, 5.41) is 15.3. The van der Waals surface area contributed by atoms with Crippen LogP contribution in [0.1, 0.15) is 28.4 Å². The molecule has 1 aliphatic heterocycles. The molecule has 2 aromatic carbocycles. The van der Waals surface area contributed by atoms with Crippen LogP contribution in [0.3, 0.4) is 0 Å². The van der Waals surface area contributed by atoms with E-state index in [1.165, 1.54) is 0 Å². The molecule has 0 atom stereocenters. The molecule has 0 spiro atoms. The van der Waals surface area contributed by atoms with Gasteiger partial charge in [-0.25, -0.2) is 0 Å². The van der Waals surface area contributed by atoms with Crippen LogP contribution in [-0.2, 0) is 11.3 Å². The van der Waals surface area contributed by atoms with Crippen molar-refractivity contribution in [2.24, 2.45) is 0 Å². The maximum atomic E-state index is 12.2. The van der Waals surface area contributed by atoms with Crippen molar-refractivity contribution in [1.29, 1.82) is 0 Å². The number of hydrogen-bond acceptors (Lipinski definition) is 5. The highest BCUT2D eigenvalue weighted by Crippen LogP contribution is 2.28. The van der Waals surface area contributed by atoms with Gasteiger partial charge < -0.3 is 15.2 Å². The van der Waals surface area contributed by atoms with Gasteiger partial charge in [-0.15, -0.1) is 0 Å². The largest absolute Gasteiger partial charge is 0.504 e. The van der Waals surface area contributed by atoms with E-state index >= 15 is 0 Å². The SMILES string of the molecule is CCOc1ccc(CN/C=C2\C(=O)NC(=O)c3ccc(Br)cc32)cc1O. The average Bonchev–Trinajstić information content (AvgIpc) is 2.60. The number of aromatic hydroxyl groups is 1.